The number of carbonyl (C=O) groups is 2. The van der Waals surface area contributed by atoms with Gasteiger partial charge in [0.2, 0.25) is 11.8 Å². The fourth-order valence-electron chi connectivity index (χ4n) is 5.53. The molecule has 0 saturated carbocycles. The van der Waals surface area contributed by atoms with E-state index in [-0.39, 0.29) is 24.6 Å². The average Bonchev–Trinajstić information content (AvgIpc) is 3.54. The van der Waals surface area contributed by atoms with Crippen LogP contribution in [0.1, 0.15) is 30.1 Å². The summed E-state index contributed by atoms with van der Waals surface area (Å²) in [5.74, 6) is -1.48. The van der Waals surface area contributed by atoms with Crippen LogP contribution in [0.3, 0.4) is 0 Å². The molecule has 2 aliphatic heterocycles. The Morgan fingerprint density at radius 3 is 2.67 bits per heavy atom. The van der Waals surface area contributed by atoms with E-state index in [4.69, 9.17) is 11.6 Å². The van der Waals surface area contributed by atoms with E-state index in [1.807, 2.05) is 4.90 Å². The number of alkyl halides is 3. The first-order valence-electron chi connectivity index (χ1n) is 12.7. The first-order chi connectivity index (χ1) is 18.6. The van der Waals surface area contributed by atoms with E-state index in [2.05, 4.69) is 15.4 Å². The van der Waals surface area contributed by atoms with Gasteiger partial charge in [0.25, 0.3) is 0 Å². The van der Waals surface area contributed by atoms with Gasteiger partial charge in [-0.1, -0.05) is 23.7 Å². The maximum atomic E-state index is 14.3. The minimum atomic E-state index is -4.68. The lowest BCUT2D eigenvalue weighted by molar-refractivity contribution is -0.190. The zero-order valence-corrected chi connectivity index (χ0v) is 22.3. The molecule has 1 saturated heterocycles. The maximum Gasteiger partial charge on any atom is 0.413 e. The Bertz CT molecular complexity index is 1380. The molecule has 1 unspecified atom stereocenters. The molecule has 1 fully saturated rings. The van der Waals surface area contributed by atoms with Gasteiger partial charge in [-0.2, -0.15) is 18.3 Å². The number of nitrogens with one attached hydrogen (secondary N) is 1. The van der Waals surface area contributed by atoms with E-state index in [9.17, 15) is 22.8 Å². The summed E-state index contributed by atoms with van der Waals surface area (Å²) in [6, 6.07) is 5.67. The number of carbonyl (C=O) groups excluding carboxylic acids is 2. The van der Waals surface area contributed by atoms with Crippen molar-refractivity contribution in [2.75, 3.05) is 45.2 Å². The summed E-state index contributed by atoms with van der Waals surface area (Å²) in [7, 11) is 2.82. The van der Waals surface area contributed by atoms with Gasteiger partial charge in [0.1, 0.15) is 0 Å². The maximum absolute atomic E-state index is 14.3. The van der Waals surface area contributed by atoms with Crippen LogP contribution in [0.5, 0.6) is 0 Å². The number of anilines is 2. The van der Waals surface area contributed by atoms with Crippen molar-refractivity contribution >= 4 is 40.4 Å². The lowest BCUT2D eigenvalue weighted by atomic mass is 10.0. The predicted octanol–water partition coefficient (Wildman–Crippen LogP) is 3.60. The molecule has 4 heterocycles. The number of likely N-dealkylation sites (tertiary alicyclic amines) is 1. The summed E-state index contributed by atoms with van der Waals surface area (Å²) in [6.07, 6.45) is -1.03. The molecular weight excluding hydrogens is 535 g/mol. The molecule has 1 N–H and O–H groups in total. The summed E-state index contributed by atoms with van der Waals surface area (Å²) in [4.78, 5) is 34.0. The van der Waals surface area contributed by atoms with E-state index in [1.165, 1.54) is 24.1 Å². The summed E-state index contributed by atoms with van der Waals surface area (Å²) in [6.45, 7) is 1.25. The fourth-order valence-corrected chi connectivity index (χ4v) is 5.71. The molecule has 2 atom stereocenters. The first kappa shape index (κ1) is 27.2. The van der Waals surface area contributed by atoms with Crippen LogP contribution in [0, 0.1) is 5.92 Å². The Balaban J connectivity index is 1.37. The van der Waals surface area contributed by atoms with Crippen molar-refractivity contribution in [3.63, 3.8) is 0 Å². The second-order valence-electron chi connectivity index (χ2n) is 9.92. The van der Waals surface area contributed by atoms with Crippen LogP contribution in [0.15, 0.2) is 36.5 Å². The molecule has 2 aliphatic rings. The number of halogens is 4. The van der Waals surface area contributed by atoms with Crippen molar-refractivity contribution in [1.82, 2.24) is 29.7 Å². The Labute approximate surface area is 228 Å². The molecule has 0 radical (unpaired) electrons. The summed E-state index contributed by atoms with van der Waals surface area (Å²) >= 11 is 6.06. The van der Waals surface area contributed by atoms with Crippen LogP contribution in [-0.4, -0.2) is 82.7 Å². The summed E-state index contributed by atoms with van der Waals surface area (Å²) in [5, 5.41) is 7.42. The average molecular weight is 564 g/mol. The number of hydrogen-bond donors (Lipinski definition) is 1. The van der Waals surface area contributed by atoms with Gasteiger partial charge >= 0.3 is 6.18 Å². The van der Waals surface area contributed by atoms with Crippen LogP contribution >= 0.6 is 11.6 Å². The number of fused-ring (bicyclic) bond motifs is 3. The number of aromatic nitrogens is 3. The van der Waals surface area contributed by atoms with E-state index in [0.717, 1.165) is 29.1 Å². The molecule has 2 amide bonds. The molecule has 13 heteroatoms. The van der Waals surface area contributed by atoms with Crippen molar-refractivity contribution in [3.05, 3.63) is 52.9 Å². The standard InChI is InChI=1S/C26H29ClF3N7O2/c1-31-14-23(38)35-11-9-17(15-35)25(39)34(2)24(26(28,29)30)16-5-7-18(8-6-16)36-10-3-4-19-20(36)13-32-22-12-21(27)33-37(19)22/h5-8,12-13,17,24,31H,3-4,9-11,14-15H2,1-2H3/t17?,24-/m0/s1. The first-order valence-corrected chi connectivity index (χ1v) is 13.1. The van der Waals surface area contributed by atoms with Crippen molar-refractivity contribution in [2.45, 2.75) is 31.5 Å². The molecule has 9 nitrogen and oxygen atoms in total. The molecule has 2 aromatic heterocycles. The number of hydrogen-bond acceptors (Lipinski definition) is 6. The SMILES string of the molecule is CNCC(=O)N1CCC(C(=O)N(C)[C@@H](c2ccc(N3CCCc4c3cnc3cc(Cl)nn43)cc2)C(F)(F)F)C1. The van der Waals surface area contributed by atoms with Crippen molar-refractivity contribution in [1.29, 1.82) is 0 Å². The van der Waals surface area contributed by atoms with Gasteiger partial charge in [-0.05, 0) is 44.0 Å². The van der Waals surface area contributed by atoms with Gasteiger partial charge in [-0.25, -0.2) is 9.50 Å². The minimum Gasteiger partial charge on any atom is -0.341 e. The Morgan fingerprint density at radius 2 is 1.97 bits per heavy atom. The zero-order valence-electron chi connectivity index (χ0n) is 21.6. The third-order valence-electron chi connectivity index (χ3n) is 7.40. The van der Waals surface area contributed by atoms with E-state index < -0.39 is 24.0 Å². The molecule has 39 heavy (non-hydrogen) atoms. The Morgan fingerprint density at radius 1 is 1.23 bits per heavy atom. The molecule has 0 aliphatic carbocycles. The van der Waals surface area contributed by atoms with Crippen LogP contribution in [-0.2, 0) is 16.0 Å². The van der Waals surface area contributed by atoms with Crippen LogP contribution in [0.2, 0.25) is 5.15 Å². The smallest absolute Gasteiger partial charge is 0.341 e. The predicted molar refractivity (Wildman–Crippen MR) is 140 cm³/mol. The highest BCUT2D eigenvalue weighted by Gasteiger charge is 2.47. The monoisotopic (exact) mass is 563 g/mol. The number of amides is 2. The van der Waals surface area contributed by atoms with E-state index in [1.54, 1.807) is 36.0 Å². The zero-order chi connectivity index (χ0) is 27.9. The largest absolute Gasteiger partial charge is 0.413 e. The van der Waals surface area contributed by atoms with E-state index >= 15 is 0 Å². The van der Waals surface area contributed by atoms with Crippen LogP contribution in [0.4, 0.5) is 24.5 Å². The molecule has 1 aromatic carbocycles. The van der Waals surface area contributed by atoms with Gasteiger partial charge in [0.15, 0.2) is 16.8 Å². The number of rotatable bonds is 6. The third kappa shape index (κ3) is 5.27. The topological polar surface area (TPSA) is 86.1 Å². The normalized spacial score (nSPS) is 18.4. The Kier molecular flexibility index (Phi) is 7.43. The van der Waals surface area contributed by atoms with Gasteiger partial charge in [-0.3, -0.25) is 9.59 Å². The van der Waals surface area contributed by atoms with Crippen molar-refractivity contribution < 1.29 is 22.8 Å². The van der Waals surface area contributed by atoms with Gasteiger partial charge in [0, 0.05) is 38.4 Å². The molecule has 5 rings (SSSR count). The number of aryl methyl sites for hydroxylation is 1. The lowest BCUT2D eigenvalue weighted by Gasteiger charge is -2.33. The highest BCUT2D eigenvalue weighted by Crippen LogP contribution is 2.40. The second-order valence-corrected chi connectivity index (χ2v) is 10.3. The third-order valence-corrected chi connectivity index (χ3v) is 7.59. The quantitative estimate of drug-likeness (QED) is 0.493. The van der Waals surface area contributed by atoms with Crippen molar-refractivity contribution in [2.24, 2.45) is 5.92 Å². The highest BCUT2D eigenvalue weighted by atomic mass is 35.5. The summed E-state index contributed by atoms with van der Waals surface area (Å²) < 4.78 is 44.6. The molecule has 0 spiro atoms. The number of likely N-dealkylation sites (N-methyl/N-ethyl adjacent to an activating group) is 1. The van der Waals surface area contributed by atoms with Gasteiger partial charge in [-0.15, -0.1) is 0 Å². The second kappa shape index (κ2) is 10.6. The molecular formula is C26H29ClF3N7O2. The molecule has 0 bridgehead atoms. The highest BCUT2D eigenvalue weighted by molar-refractivity contribution is 6.29. The Hall–Kier alpha value is -3.38. The van der Waals surface area contributed by atoms with Gasteiger partial charge < -0.3 is 20.0 Å². The summed E-state index contributed by atoms with van der Waals surface area (Å²) in [5.41, 5.74) is 3.06. The molecule has 3 aromatic rings. The van der Waals surface area contributed by atoms with Gasteiger partial charge in [0.05, 0.1) is 30.0 Å². The minimum absolute atomic E-state index is 0.0344. The lowest BCUT2D eigenvalue weighted by Crippen LogP contribution is -2.43. The number of nitrogens with zero attached hydrogens (tertiary/aromatic N) is 6. The fraction of sp³-hybridized carbons (Fsp3) is 0.462. The number of benzene rings is 1. The van der Waals surface area contributed by atoms with Crippen molar-refractivity contribution in [3.8, 4) is 0 Å². The van der Waals surface area contributed by atoms with E-state index in [0.29, 0.717) is 36.0 Å². The molecule has 208 valence electrons. The van der Waals surface area contributed by atoms with Crippen LogP contribution in [0.25, 0.3) is 5.65 Å². The van der Waals surface area contributed by atoms with Crippen LogP contribution < -0.4 is 10.2 Å².